The molecule has 1 atom stereocenters. The SMILES string of the molecule is COCCCNC(=O)C1CCCN(c2cccc3c2C(=O)N(c2cccc(Cl)c2)C3=O)C1. The number of hydrogen-bond acceptors (Lipinski definition) is 5. The van der Waals surface area contributed by atoms with Crippen molar-refractivity contribution in [2.45, 2.75) is 19.3 Å². The lowest BCUT2D eigenvalue weighted by Gasteiger charge is -2.34. The fourth-order valence-corrected chi connectivity index (χ4v) is 4.55. The van der Waals surface area contributed by atoms with Crippen molar-refractivity contribution in [2.75, 3.05) is 43.2 Å². The summed E-state index contributed by atoms with van der Waals surface area (Å²) in [5.41, 5.74) is 1.90. The Morgan fingerprint density at radius 1 is 1.19 bits per heavy atom. The minimum atomic E-state index is -0.367. The van der Waals surface area contributed by atoms with Crippen molar-refractivity contribution in [3.63, 3.8) is 0 Å². The molecule has 2 heterocycles. The zero-order chi connectivity index (χ0) is 22.7. The van der Waals surface area contributed by atoms with Crippen molar-refractivity contribution < 1.29 is 19.1 Å². The third kappa shape index (κ3) is 4.36. The van der Waals surface area contributed by atoms with Crippen LogP contribution < -0.4 is 15.1 Å². The standard InChI is InChI=1S/C24H26ClN3O4/c1-32-13-5-11-26-22(29)16-6-4-12-27(15-16)20-10-3-9-19-21(20)24(31)28(23(19)30)18-8-2-7-17(25)14-18/h2-3,7-10,14,16H,4-6,11-13,15H2,1H3,(H,26,29). The highest BCUT2D eigenvalue weighted by Crippen LogP contribution is 2.36. The molecular formula is C24H26ClN3O4. The molecule has 2 aliphatic rings. The summed E-state index contributed by atoms with van der Waals surface area (Å²) in [6.07, 6.45) is 2.39. The first-order valence-corrected chi connectivity index (χ1v) is 11.2. The van der Waals surface area contributed by atoms with Crippen molar-refractivity contribution in [2.24, 2.45) is 5.92 Å². The van der Waals surface area contributed by atoms with E-state index in [2.05, 4.69) is 5.32 Å². The van der Waals surface area contributed by atoms with Crippen LogP contribution in [0.1, 0.15) is 40.0 Å². The number of nitrogens with zero attached hydrogens (tertiary/aromatic N) is 2. The maximum absolute atomic E-state index is 13.3. The van der Waals surface area contributed by atoms with Crippen molar-refractivity contribution in [3.05, 3.63) is 58.6 Å². The van der Waals surface area contributed by atoms with Crippen LogP contribution in [0.3, 0.4) is 0 Å². The van der Waals surface area contributed by atoms with Crippen molar-refractivity contribution in [3.8, 4) is 0 Å². The molecule has 2 aromatic rings. The van der Waals surface area contributed by atoms with E-state index in [1.165, 1.54) is 4.90 Å². The van der Waals surface area contributed by atoms with Gasteiger partial charge in [0.25, 0.3) is 11.8 Å². The van der Waals surface area contributed by atoms with Crippen molar-refractivity contribution >= 4 is 40.7 Å². The van der Waals surface area contributed by atoms with Gasteiger partial charge in [-0.3, -0.25) is 14.4 Å². The molecule has 0 saturated carbocycles. The highest BCUT2D eigenvalue weighted by Gasteiger charge is 2.40. The Morgan fingerprint density at radius 2 is 2.00 bits per heavy atom. The monoisotopic (exact) mass is 455 g/mol. The van der Waals surface area contributed by atoms with Crippen LogP contribution in [0.15, 0.2) is 42.5 Å². The molecule has 3 amide bonds. The molecule has 0 radical (unpaired) electrons. The Hall–Kier alpha value is -2.90. The molecule has 7 nitrogen and oxygen atoms in total. The Kier molecular flexibility index (Phi) is 6.77. The predicted octanol–water partition coefficient (Wildman–Crippen LogP) is 3.51. The first-order valence-electron chi connectivity index (χ1n) is 10.8. The van der Waals surface area contributed by atoms with Crippen molar-refractivity contribution in [1.82, 2.24) is 5.32 Å². The van der Waals surface area contributed by atoms with E-state index >= 15 is 0 Å². The van der Waals surface area contributed by atoms with Gasteiger partial charge in [-0.15, -0.1) is 0 Å². The second kappa shape index (κ2) is 9.71. The molecule has 2 aliphatic heterocycles. The van der Waals surface area contributed by atoms with E-state index in [-0.39, 0.29) is 23.6 Å². The van der Waals surface area contributed by atoms with Crippen LogP contribution in [0.4, 0.5) is 11.4 Å². The van der Waals surface area contributed by atoms with Gasteiger partial charge < -0.3 is 15.0 Å². The first kappa shape index (κ1) is 22.3. The number of nitrogens with one attached hydrogen (secondary N) is 1. The zero-order valence-corrected chi connectivity index (χ0v) is 18.7. The zero-order valence-electron chi connectivity index (χ0n) is 18.0. The maximum atomic E-state index is 13.3. The van der Waals surface area contributed by atoms with Crippen LogP contribution in [0.25, 0.3) is 0 Å². The summed E-state index contributed by atoms with van der Waals surface area (Å²) < 4.78 is 5.02. The van der Waals surface area contributed by atoms with Crippen LogP contribution in [0.2, 0.25) is 5.02 Å². The second-order valence-electron chi connectivity index (χ2n) is 8.05. The Morgan fingerprint density at radius 3 is 2.78 bits per heavy atom. The van der Waals surface area contributed by atoms with Crippen LogP contribution in [-0.2, 0) is 9.53 Å². The summed E-state index contributed by atoms with van der Waals surface area (Å²) in [6.45, 7) is 2.41. The summed E-state index contributed by atoms with van der Waals surface area (Å²) in [6, 6.07) is 12.0. The van der Waals surface area contributed by atoms with Gasteiger partial charge in [0.15, 0.2) is 0 Å². The van der Waals surface area contributed by atoms with Gasteiger partial charge in [-0.25, -0.2) is 4.90 Å². The number of anilines is 2. The average molecular weight is 456 g/mol. The number of benzene rings is 2. The number of methoxy groups -OCH3 is 1. The lowest BCUT2D eigenvalue weighted by Crippen LogP contribution is -2.44. The summed E-state index contributed by atoms with van der Waals surface area (Å²) >= 11 is 6.08. The maximum Gasteiger partial charge on any atom is 0.268 e. The van der Waals surface area contributed by atoms with E-state index < -0.39 is 0 Å². The lowest BCUT2D eigenvalue weighted by atomic mass is 9.95. The third-order valence-corrected chi connectivity index (χ3v) is 6.15. The quantitative estimate of drug-likeness (QED) is 0.510. The van der Waals surface area contributed by atoms with E-state index in [0.29, 0.717) is 47.2 Å². The molecule has 0 aromatic heterocycles. The Balaban J connectivity index is 1.55. The van der Waals surface area contributed by atoms with Gasteiger partial charge in [-0.2, -0.15) is 0 Å². The number of amides is 3. The van der Waals surface area contributed by atoms with Crippen LogP contribution >= 0.6 is 11.6 Å². The molecule has 0 spiro atoms. The van der Waals surface area contributed by atoms with Gasteiger partial charge in [-0.1, -0.05) is 23.7 Å². The minimum Gasteiger partial charge on any atom is -0.385 e. The molecule has 8 heteroatoms. The summed E-state index contributed by atoms with van der Waals surface area (Å²) in [7, 11) is 1.64. The van der Waals surface area contributed by atoms with E-state index in [9.17, 15) is 14.4 Å². The van der Waals surface area contributed by atoms with Gasteiger partial charge in [0.2, 0.25) is 5.91 Å². The van der Waals surface area contributed by atoms with Gasteiger partial charge in [-0.05, 0) is 49.6 Å². The largest absolute Gasteiger partial charge is 0.385 e. The minimum absolute atomic E-state index is 0.0151. The third-order valence-electron chi connectivity index (χ3n) is 5.92. The molecule has 168 valence electrons. The summed E-state index contributed by atoms with van der Waals surface area (Å²) in [5, 5.41) is 3.43. The van der Waals surface area contributed by atoms with Crippen LogP contribution in [-0.4, -0.2) is 51.1 Å². The number of fused-ring (bicyclic) bond motifs is 1. The Labute approximate surface area is 192 Å². The molecule has 1 saturated heterocycles. The number of ether oxygens (including phenoxy) is 1. The number of halogens is 1. The van der Waals surface area contributed by atoms with E-state index in [4.69, 9.17) is 16.3 Å². The number of carbonyl (C=O) groups excluding carboxylic acids is 3. The number of rotatable bonds is 7. The highest BCUT2D eigenvalue weighted by molar-refractivity contribution is 6.37. The smallest absolute Gasteiger partial charge is 0.268 e. The Bertz CT molecular complexity index is 1040. The van der Waals surface area contributed by atoms with Crippen LogP contribution in [0.5, 0.6) is 0 Å². The number of carbonyl (C=O) groups is 3. The van der Waals surface area contributed by atoms with Gasteiger partial charge in [0.05, 0.1) is 28.4 Å². The molecule has 1 unspecified atom stereocenters. The van der Waals surface area contributed by atoms with Crippen LogP contribution in [0, 0.1) is 5.92 Å². The van der Waals surface area contributed by atoms with Crippen molar-refractivity contribution in [1.29, 1.82) is 0 Å². The summed E-state index contributed by atoms with van der Waals surface area (Å²) in [4.78, 5) is 42.3. The second-order valence-corrected chi connectivity index (χ2v) is 8.48. The molecule has 2 aromatic carbocycles. The molecule has 4 rings (SSSR count). The number of imide groups is 1. The highest BCUT2D eigenvalue weighted by atomic mass is 35.5. The number of hydrogen-bond donors (Lipinski definition) is 1. The predicted molar refractivity (Wildman–Crippen MR) is 123 cm³/mol. The average Bonchev–Trinajstić information content (AvgIpc) is 3.07. The first-order chi connectivity index (χ1) is 15.5. The van der Waals surface area contributed by atoms with E-state index in [1.807, 2.05) is 11.0 Å². The normalized spacial score (nSPS) is 18.1. The molecule has 0 bridgehead atoms. The molecule has 0 aliphatic carbocycles. The molecule has 32 heavy (non-hydrogen) atoms. The summed E-state index contributed by atoms with van der Waals surface area (Å²) in [5.74, 6) is -0.882. The fourth-order valence-electron chi connectivity index (χ4n) is 4.36. The number of piperidine rings is 1. The van der Waals surface area contributed by atoms with Gasteiger partial charge in [0, 0.05) is 38.4 Å². The van der Waals surface area contributed by atoms with E-state index in [1.54, 1.807) is 43.5 Å². The van der Waals surface area contributed by atoms with E-state index in [0.717, 1.165) is 25.8 Å². The molecule has 1 fully saturated rings. The lowest BCUT2D eigenvalue weighted by molar-refractivity contribution is -0.125. The van der Waals surface area contributed by atoms with Gasteiger partial charge >= 0.3 is 0 Å². The fraction of sp³-hybridized carbons (Fsp3) is 0.375. The molecule has 1 N–H and O–H groups in total. The molecular weight excluding hydrogens is 430 g/mol. The topological polar surface area (TPSA) is 79.0 Å². The van der Waals surface area contributed by atoms with Gasteiger partial charge in [0.1, 0.15) is 0 Å².